The predicted molar refractivity (Wildman–Crippen MR) is 85.7 cm³/mol. The van der Waals surface area contributed by atoms with Crippen molar-refractivity contribution in [3.8, 4) is 0 Å². The van der Waals surface area contributed by atoms with E-state index in [0.29, 0.717) is 5.56 Å². The van der Waals surface area contributed by atoms with Crippen LogP contribution in [-0.4, -0.2) is 29.7 Å². The maximum absolute atomic E-state index is 12.6. The molecule has 23 heavy (non-hydrogen) atoms. The fraction of sp³-hybridized carbons (Fsp3) is 0.214. The Labute approximate surface area is 138 Å². The lowest BCUT2D eigenvalue weighted by atomic mass is 10.1. The number of benzene rings is 1. The topological polar surface area (TPSA) is 93.4 Å². The van der Waals surface area contributed by atoms with Crippen molar-refractivity contribution in [2.75, 3.05) is 7.05 Å². The first-order valence-corrected chi connectivity index (χ1v) is 8.39. The number of pyridine rings is 1. The number of halogens is 1. The third-order valence-electron chi connectivity index (χ3n) is 3.49. The van der Waals surface area contributed by atoms with Crippen LogP contribution in [0, 0.1) is 10.1 Å². The Hall–Kier alpha value is -2.03. The van der Waals surface area contributed by atoms with Crippen LogP contribution in [0.25, 0.3) is 0 Å². The van der Waals surface area contributed by atoms with E-state index in [-0.39, 0.29) is 15.7 Å². The second kappa shape index (κ2) is 6.61. The summed E-state index contributed by atoms with van der Waals surface area (Å²) in [5.74, 6) is 0. The smallest absolute Gasteiger partial charge is 0.258 e. The van der Waals surface area contributed by atoms with E-state index in [1.54, 1.807) is 13.0 Å². The second-order valence-corrected chi connectivity index (χ2v) is 7.25. The van der Waals surface area contributed by atoms with Gasteiger partial charge in [0.15, 0.2) is 0 Å². The van der Waals surface area contributed by atoms with Gasteiger partial charge in [-0.25, -0.2) is 13.4 Å². The Balaban J connectivity index is 2.35. The lowest BCUT2D eigenvalue weighted by Gasteiger charge is -2.24. The van der Waals surface area contributed by atoms with Gasteiger partial charge in [-0.15, -0.1) is 0 Å². The molecule has 0 saturated carbocycles. The van der Waals surface area contributed by atoms with Gasteiger partial charge in [0.1, 0.15) is 10.0 Å². The lowest BCUT2D eigenvalue weighted by Crippen LogP contribution is -2.30. The molecule has 0 spiro atoms. The molecule has 1 atom stereocenters. The van der Waals surface area contributed by atoms with E-state index in [1.807, 2.05) is 0 Å². The average molecular weight is 356 g/mol. The minimum Gasteiger partial charge on any atom is -0.258 e. The van der Waals surface area contributed by atoms with Gasteiger partial charge in [0.05, 0.1) is 4.92 Å². The maximum Gasteiger partial charge on any atom is 0.269 e. The van der Waals surface area contributed by atoms with Crippen LogP contribution >= 0.6 is 11.6 Å². The molecule has 0 fully saturated rings. The number of rotatable bonds is 5. The van der Waals surface area contributed by atoms with E-state index in [0.717, 1.165) is 4.31 Å². The molecule has 1 heterocycles. The van der Waals surface area contributed by atoms with Crippen molar-refractivity contribution >= 4 is 27.3 Å². The van der Waals surface area contributed by atoms with Crippen LogP contribution in [0.5, 0.6) is 0 Å². The number of nitro groups is 1. The highest BCUT2D eigenvalue weighted by molar-refractivity contribution is 7.89. The fourth-order valence-electron chi connectivity index (χ4n) is 2.00. The molecule has 0 bridgehead atoms. The van der Waals surface area contributed by atoms with Gasteiger partial charge in [0.25, 0.3) is 5.69 Å². The number of non-ortho nitro benzene ring substituents is 1. The Kier molecular flexibility index (Phi) is 4.98. The van der Waals surface area contributed by atoms with E-state index in [1.165, 1.54) is 43.6 Å². The van der Waals surface area contributed by atoms with Crippen LogP contribution in [0.3, 0.4) is 0 Å². The molecule has 0 aliphatic rings. The van der Waals surface area contributed by atoms with Crippen molar-refractivity contribution in [1.29, 1.82) is 0 Å². The van der Waals surface area contributed by atoms with Gasteiger partial charge in [-0.2, -0.15) is 4.31 Å². The number of hydrogen-bond donors (Lipinski definition) is 0. The van der Waals surface area contributed by atoms with Gasteiger partial charge in [-0.1, -0.05) is 23.7 Å². The quantitative estimate of drug-likeness (QED) is 0.467. The molecule has 2 rings (SSSR count). The summed E-state index contributed by atoms with van der Waals surface area (Å²) in [4.78, 5) is 14.1. The number of hydrogen-bond acceptors (Lipinski definition) is 5. The molecular formula is C14H14ClN3O4S. The average Bonchev–Trinajstić information content (AvgIpc) is 2.54. The van der Waals surface area contributed by atoms with Crippen LogP contribution in [0.15, 0.2) is 47.5 Å². The first-order chi connectivity index (χ1) is 10.7. The third kappa shape index (κ3) is 3.66. The van der Waals surface area contributed by atoms with Gasteiger partial charge >= 0.3 is 0 Å². The minimum atomic E-state index is -3.79. The number of nitrogens with zero attached hydrogens (tertiary/aromatic N) is 3. The van der Waals surface area contributed by atoms with Crippen LogP contribution in [0.4, 0.5) is 5.69 Å². The van der Waals surface area contributed by atoms with Crippen LogP contribution in [0.2, 0.25) is 5.15 Å². The predicted octanol–water partition coefficient (Wildman–Crippen LogP) is 3.02. The van der Waals surface area contributed by atoms with Crippen molar-refractivity contribution in [2.45, 2.75) is 17.9 Å². The molecule has 1 unspecified atom stereocenters. The highest BCUT2D eigenvalue weighted by Gasteiger charge is 2.27. The zero-order valence-corrected chi connectivity index (χ0v) is 14.0. The zero-order valence-electron chi connectivity index (χ0n) is 12.4. The molecule has 1 aromatic heterocycles. The highest BCUT2D eigenvalue weighted by Crippen LogP contribution is 2.27. The van der Waals surface area contributed by atoms with Gasteiger partial charge in [0, 0.05) is 31.4 Å². The van der Waals surface area contributed by atoms with E-state index < -0.39 is 21.0 Å². The standard InChI is InChI=1S/C14H14ClN3O4S/c1-10(11-4-3-5-12(8-11)18(19)20)17(2)23(21,22)13-6-7-14(15)16-9-13/h3-10H,1-2H3. The Morgan fingerprint density at radius 2 is 2.00 bits per heavy atom. The Morgan fingerprint density at radius 3 is 2.57 bits per heavy atom. The zero-order chi connectivity index (χ0) is 17.2. The summed E-state index contributed by atoms with van der Waals surface area (Å²) >= 11 is 5.66. The summed E-state index contributed by atoms with van der Waals surface area (Å²) < 4.78 is 26.3. The van der Waals surface area contributed by atoms with Gasteiger partial charge < -0.3 is 0 Å². The van der Waals surface area contributed by atoms with Crippen LogP contribution in [0.1, 0.15) is 18.5 Å². The van der Waals surface area contributed by atoms with Crippen molar-refractivity contribution in [3.05, 3.63) is 63.4 Å². The van der Waals surface area contributed by atoms with E-state index >= 15 is 0 Å². The summed E-state index contributed by atoms with van der Waals surface area (Å²) in [6.07, 6.45) is 1.17. The summed E-state index contributed by atoms with van der Waals surface area (Å²) in [6.45, 7) is 1.65. The summed E-state index contributed by atoms with van der Waals surface area (Å²) in [6, 6.07) is 8.04. The normalized spacial score (nSPS) is 13.0. The van der Waals surface area contributed by atoms with Crippen LogP contribution in [-0.2, 0) is 10.0 Å². The minimum absolute atomic E-state index is 0.00156. The molecule has 0 N–H and O–H groups in total. The molecule has 2 aromatic rings. The lowest BCUT2D eigenvalue weighted by molar-refractivity contribution is -0.384. The maximum atomic E-state index is 12.6. The first kappa shape index (κ1) is 17.3. The van der Waals surface area contributed by atoms with E-state index in [4.69, 9.17) is 11.6 Å². The molecule has 1 aromatic carbocycles. The van der Waals surface area contributed by atoms with Gasteiger partial charge in [-0.05, 0) is 24.6 Å². The monoisotopic (exact) mass is 355 g/mol. The largest absolute Gasteiger partial charge is 0.269 e. The van der Waals surface area contributed by atoms with Gasteiger partial charge in [-0.3, -0.25) is 10.1 Å². The van der Waals surface area contributed by atoms with E-state index in [9.17, 15) is 18.5 Å². The molecule has 0 aliphatic carbocycles. The van der Waals surface area contributed by atoms with Crippen molar-refractivity contribution in [3.63, 3.8) is 0 Å². The number of aromatic nitrogens is 1. The molecule has 0 radical (unpaired) electrons. The van der Waals surface area contributed by atoms with Crippen molar-refractivity contribution in [2.24, 2.45) is 0 Å². The molecule has 9 heteroatoms. The van der Waals surface area contributed by atoms with E-state index in [2.05, 4.69) is 4.98 Å². The summed E-state index contributed by atoms with van der Waals surface area (Å²) in [7, 11) is -2.38. The fourth-order valence-corrected chi connectivity index (χ4v) is 3.41. The third-order valence-corrected chi connectivity index (χ3v) is 5.62. The molecule has 0 amide bonds. The molecule has 122 valence electrons. The Morgan fingerprint density at radius 1 is 1.30 bits per heavy atom. The molecular weight excluding hydrogens is 342 g/mol. The second-order valence-electron chi connectivity index (χ2n) is 4.87. The highest BCUT2D eigenvalue weighted by atomic mass is 35.5. The summed E-state index contributed by atoms with van der Waals surface area (Å²) in [5.41, 5.74) is 0.431. The SMILES string of the molecule is CC(c1cccc([N+](=O)[O-])c1)N(C)S(=O)(=O)c1ccc(Cl)nc1. The van der Waals surface area contributed by atoms with Crippen LogP contribution < -0.4 is 0 Å². The van der Waals surface area contributed by atoms with Crippen molar-refractivity contribution in [1.82, 2.24) is 9.29 Å². The number of nitro benzene ring substituents is 1. The first-order valence-electron chi connectivity index (χ1n) is 6.57. The number of sulfonamides is 1. The summed E-state index contributed by atoms with van der Waals surface area (Å²) in [5, 5.41) is 11.0. The molecule has 0 aliphatic heterocycles. The molecule has 0 saturated heterocycles. The Bertz CT molecular complexity index is 824. The molecule has 7 nitrogen and oxygen atoms in total. The van der Waals surface area contributed by atoms with Crippen molar-refractivity contribution < 1.29 is 13.3 Å². The van der Waals surface area contributed by atoms with Gasteiger partial charge in [0.2, 0.25) is 10.0 Å².